The fourth-order valence-corrected chi connectivity index (χ4v) is 5.63. The van der Waals surface area contributed by atoms with E-state index in [2.05, 4.69) is 0 Å². The molecule has 0 heterocycles. The maximum Gasteiger partial charge on any atom is 0.403 e. The molecule has 2 aliphatic carbocycles. The SMILES string of the molecule is CC1CC(C(C2CC(C(F)(F)F)C(C(F)(F)F)C2)(C(F)(F)F)C(F)(F)F)CC1C(F)(F)F. The molecule has 2 saturated carbocycles. The van der Waals surface area contributed by atoms with Crippen molar-refractivity contribution in [3.05, 3.63) is 0 Å². The van der Waals surface area contributed by atoms with Crippen LogP contribution in [-0.2, 0) is 0 Å². The molecule has 0 N–H and O–H groups in total. The molecule has 0 aromatic rings. The standard InChI is InChI=1S/C17H17F15/c1-6-2-7(3-9(6)13(18,19)20)12(16(27,28)29,17(30,31)32)8-4-10(14(21,22)23)11(5-8)15(24,25)26/h6-11H,2-5H2,1H3. The zero-order valence-electron chi connectivity index (χ0n) is 16.0. The molecule has 15 heteroatoms. The molecule has 0 spiro atoms. The molecule has 2 aliphatic rings. The van der Waals surface area contributed by atoms with Gasteiger partial charge in [0.2, 0.25) is 0 Å². The number of hydrogen-bond acceptors (Lipinski definition) is 0. The average molecular weight is 506 g/mol. The summed E-state index contributed by atoms with van der Waals surface area (Å²) < 4.78 is 202. The molecule has 2 fully saturated rings. The van der Waals surface area contributed by atoms with Crippen LogP contribution in [0.15, 0.2) is 0 Å². The third-order valence-electron chi connectivity index (χ3n) is 6.93. The molecule has 0 amide bonds. The summed E-state index contributed by atoms with van der Waals surface area (Å²) in [5.41, 5.74) is -5.14. The van der Waals surface area contributed by atoms with Crippen LogP contribution in [0.1, 0.15) is 32.6 Å². The molecule has 0 aromatic heterocycles. The monoisotopic (exact) mass is 506 g/mol. The first-order valence-corrected chi connectivity index (χ1v) is 9.29. The van der Waals surface area contributed by atoms with Gasteiger partial charge in [0.15, 0.2) is 5.41 Å². The normalized spacial score (nSPS) is 33.8. The summed E-state index contributed by atoms with van der Waals surface area (Å²) in [6.45, 7) is 0.751. The number of hydrogen-bond donors (Lipinski definition) is 0. The summed E-state index contributed by atoms with van der Waals surface area (Å²) in [7, 11) is 0. The Morgan fingerprint density at radius 3 is 0.969 bits per heavy atom. The van der Waals surface area contributed by atoms with Crippen molar-refractivity contribution in [1.29, 1.82) is 0 Å². The summed E-state index contributed by atoms with van der Waals surface area (Å²) in [5, 5.41) is 0. The third-order valence-corrected chi connectivity index (χ3v) is 6.93. The maximum absolute atomic E-state index is 14.0. The lowest BCUT2D eigenvalue weighted by Gasteiger charge is -2.46. The second kappa shape index (κ2) is 7.74. The quantitative estimate of drug-likeness (QED) is 0.332. The van der Waals surface area contributed by atoms with E-state index >= 15 is 0 Å². The molecule has 5 unspecified atom stereocenters. The highest BCUT2D eigenvalue weighted by Crippen LogP contribution is 2.70. The van der Waals surface area contributed by atoms with Crippen LogP contribution >= 0.6 is 0 Å². The highest BCUT2D eigenvalue weighted by molar-refractivity contribution is 5.10. The van der Waals surface area contributed by atoms with Gasteiger partial charge in [0.25, 0.3) is 0 Å². The molecule has 0 radical (unpaired) electrons. The zero-order valence-corrected chi connectivity index (χ0v) is 16.0. The Morgan fingerprint density at radius 2 is 0.719 bits per heavy atom. The van der Waals surface area contributed by atoms with Crippen LogP contribution in [0.3, 0.4) is 0 Å². The van der Waals surface area contributed by atoms with E-state index in [-0.39, 0.29) is 0 Å². The van der Waals surface area contributed by atoms with Crippen molar-refractivity contribution in [3.63, 3.8) is 0 Å². The van der Waals surface area contributed by atoms with Crippen molar-refractivity contribution >= 4 is 0 Å². The molecular formula is C17H17F15. The van der Waals surface area contributed by atoms with Crippen LogP contribution in [0.25, 0.3) is 0 Å². The average Bonchev–Trinajstić information content (AvgIpc) is 3.08. The first-order chi connectivity index (χ1) is 14.0. The Hall–Kier alpha value is -1.05. The van der Waals surface area contributed by atoms with Gasteiger partial charge in [0, 0.05) is 0 Å². The summed E-state index contributed by atoms with van der Waals surface area (Å²) in [4.78, 5) is 0. The maximum atomic E-state index is 14.0. The molecule has 0 bridgehead atoms. The van der Waals surface area contributed by atoms with Crippen LogP contribution in [0.2, 0.25) is 0 Å². The van der Waals surface area contributed by atoms with Gasteiger partial charge in [0.05, 0.1) is 17.8 Å². The minimum Gasteiger partial charge on any atom is -0.171 e. The van der Waals surface area contributed by atoms with E-state index in [9.17, 15) is 65.9 Å². The fraction of sp³-hybridized carbons (Fsp3) is 1.00. The Kier molecular flexibility index (Phi) is 6.58. The molecule has 0 nitrogen and oxygen atoms in total. The highest BCUT2D eigenvalue weighted by atomic mass is 19.4. The summed E-state index contributed by atoms with van der Waals surface area (Å²) in [6, 6.07) is 0. The van der Waals surface area contributed by atoms with Crippen molar-refractivity contribution in [3.8, 4) is 0 Å². The van der Waals surface area contributed by atoms with E-state index in [0.29, 0.717) is 0 Å². The predicted molar refractivity (Wildman–Crippen MR) is 77.8 cm³/mol. The number of rotatable bonds is 2. The predicted octanol–water partition coefficient (Wildman–Crippen LogP) is 8.09. The van der Waals surface area contributed by atoms with Gasteiger partial charge in [-0.3, -0.25) is 0 Å². The molecule has 0 saturated heterocycles. The van der Waals surface area contributed by atoms with E-state index in [0.717, 1.165) is 6.92 Å². The lowest BCUT2D eigenvalue weighted by molar-refractivity contribution is -0.378. The molecular weight excluding hydrogens is 489 g/mol. The van der Waals surface area contributed by atoms with Crippen molar-refractivity contribution in [2.75, 3.05) is 0 Å². The van der Waals surface area contributed by atoms with Crippen LogP contribution in [-0.4, -0.2) is 30.9 Å². The van der Waals surface area contributed by atoms with E-state index in [1.807, 2.05) is 0 Å². The highest BCUT2D eigenvalue weighted by Gasteiger charge is 2.80. The molecule has 2 rings (SSSR count). The third kappa shape index (κ3) is 4.49. The fourth-order valence-electron chi connectivity index (χ4n) is 5.63. The second-order valence-electron chi connectivity index (χ2n) is 8.62. The summed E-state index contributed by atoms with van der Waals surface area (Å²) in [6.07, 6.45) is -36.8. The Labute approximate surface area is 171 Å². The van der Waals surface area contributed by atoms with Crippen molar-refractivity contribution < 1.29 is 65.9 Å². The lowest BCUT2D eigenvalue weighted by atomic mass is 9.63. The van der Waals surface area contributed by atoms with E-state index in [1.165, 1.54) is 0 Å². The second-order valence-corrected chi connectivity index (χ2v) is 8.62. The number of alkyl halides is 15. The summed E-state index contributed by atoms with van der Waals surface area (Å²) in [5.74, 6) is -17.5. The van der Waals surface area contributed by atoms with Crippen molar-refractivity contribution in [2.24, 2.45) is 40.9 Å². The van der Waals surface area contributed by atoms with Crippen molar-refractivity contribution in [1.82, 2.24) is 0 Å². The minimum absolute atomic E-state index is 0.751. The van der Waals surface area contributed by atoms with Gasteiger partial charge in [-0.1, -0.05) is 6.92 Å². The van der Waals surface area contributed by atoms with Gasteiger partial charge >= 0.3 is 30.9 Å². The largest absolute Gasteiger partial charge is 0.403 e. The van der Waals surface area contributed by atoms with E-state index < -0.39 is 97.5 Å². The molecule has 0 aromatic carbocycles. The van der Waals surface area contributed by atoms with Gasteiger partial charge in [-0.05, 0) is 43.4 Å². The first kappa shape index (κ1) is 27.2. The number of halogens is 15. The van der Waals surface area contributed by atoms with Gasteiger partial charge in [-0.2, -0.15) is 65.9 Å². The first-order valence-electron chi connectivity index (χ1n) is 9.29. The van der Waals surface area contributed by atoms with Crippen LogP contribution in [0.5, 0.6) is 0 Å². The minimum atomic E-state index is -6.43. The van der Waals surface area contributed by atoms with Crippen molar-refractivity contribution in [2.45, 2.75) is 63.5 Å². The molecule has 5 atom stereocenters. The van der Waals surface area contributed by atoms with Crippen LogP contribution in [0, 0.1) is 40.9 Å². The molecule has 32 heavy (non-hydrogen) atoms. The summed E-state index contributed by atoms with van der Waals surface area (Å²) >= 11 is 0. The zero-order chi connectivity index (χ0) is 25.3. The van der Waals surface area contributed by atoms with Gasteiger partial charge in [-0.15, -0.1) is 0 Å². The topological polar surface area (TPSA) is 0 Å². The van der Waals surface area contributed by atoms with Gasteiger partial charge < -0.3 is 0 Å². The Bertz CT molecular complexity index is 626. The lowest BCUT2D eigenvalue weighted by Crippen LogP contribution is -2.59. The smallest absolute Gasteiger partial charge is 0.171 e. The molecule has 0 aliphatic heterocycles. The molecule has 190 valence electrons. The van der Waals surface area contributed by atoms with Gasteiger partial charge in [-0.25, -0.2) is 0 Å². The Balaban J connectivity index is 2.66. The Morgan fingerprint density at radius 1 is 0.438 bits per heavy atom. The van der Waals surface area contributed by atoms with Crippen LogP contribution in [0.4, 0.5) is 65.9 Å². The van der Waals surface area contributed by atoms with E-state index in [4.69, 9.17) is 0 Å². The van der Waals surface area contributed by atoms with E-state index in [1.54, 1.807) is 0 Å². The van der Waals surface area contributed by atoms with Crippen LogP contribution < -0.4 is 0 Å². The van der Waals surface area contributed by atoms with Gasteiger partial charge in [0.1, 0.15) is 0 Å².